The Bertz CT molecular complexity index is 1800. The average Bonchev–Trinajstić information content (AvgIpc) is 3.63. The number of carbonyl (C=O) groups excluding carboxylic acids is 3. The van der Waals surface area contributed by atoms with E-state index < -0.39 is 84.6 Å². The number of nitrogen functional groups attached to an aromatic ring is 1. The molecule has 0 bridgehead atoms. The van der Waals surface area contributed by atoms with Crippen molar-refractivity contribution < 1.29 is 80.5 Å². The Morgan fingerprint density at radius 2 is 1.71 bits per heavy atom. The number of fused-ring (bicyclic) bond motifs is 1. The molecule has 3 rings (SSSR count). The molecule has 24 nitrogen and oxygen atoms in total. The second-order valence-electron chi connectivity index (χ2n) is 13.2. The Labute approximate surface area is 318 Å². The molecule has 55 heavy (non-hydrogen) atoms. The van der Waals surface area contributed by atoms with Crippen LogP contribution in [0.1, 0.15) is 53.2 Å². The summed E-state index contributed by atoms with van der Waals surface area (Å²) in [5.74, 6) is -0.653. The van der Waals surface area contributed by atoms with E-state index in [4.69, 9.17) is 19.5 Å². The summed E-state index contributed by atoms with van der Waals surface area (Å²) >= 11 is 1.11. The minimum atomic E-state index is -5.56. The van der Waals surface area contributed by atoms with Gasteiger partial charge in [0.15, 0.2) is 22.8 Å². The summed E-state index contributed by atoms with van der Waals surface area (Å²) in [6.45, 7) is 4.56. The fraction of sp³-hybridized carbons (Fsp3) is 0.704. The van der Waals surface area contributed by atoms with Gasteiger partial charge in [-0.05, 0) is 12.3 Å². The summed E-state index contributed by atoms with van der Waals surface area (Å²) in [6, 6.07) is 0. The van der Waals surface area contributed by atoms with E-state index in [0.29, 0.717) is 18.1 Å². The second-order valence-corrected chi connectivity index (χ2v) is 18.6. The van der Waals surface area contributed by atoms with Crippen molar-refractivity contribution in [1.82, 2.24) is 30.2 Å². The van der Waals surface area contributed by atoms with Gasteiger partial charge in [0.25, 0.3) is 0 Å². The van der Waals surface area contributed by atoms with Crippen LogP contribution in [-0.2, 0) is 50.7 Å². The van der Waals surface area contributed by atoms with Gasteiger partial charge < -0.3 is 50.9 Å². The van der Waals surface area contributed by atoms with Gasteiger partial charge in [0.2, 0.25) is 11.8 Å². The highest BCUT2D eigenvalue weighted by Crippen LogP contribution is 2.61. The van der Waals surface area contributed by atoms with Crippen LogP contribution >= 0.6 is 35.2 Å². The maximum atomic E-state index is 12.7. The summed E-state index contributed by atoms with van der Waals surface area (Å²) in [5, 5.41) is 26.4. The van der Waals surface area contributed by atoms with Gasteiger partial charge in [0.05, 0.1) is 19.5 Å². The molecule has 1 aliphatic heterocycles. The van der Waals surface area contributed by atoms with Crippen molar-refractivity contribution in [2.45, 2.75) is 77.6 Å². The first-order chi connectivity index (χ1) is 25.4. The third kappa shape index (κ3) is 14.8. The number of thioether (sulfide) groups is 1. The number of rotatable bonds is 22. The van der Waals surface area contributed by atoms with E-state index in [1.807, 2.05) is 13.8 Å². The zero-order valence-electron chi connectivity index (χ0n) is 30.1. The fourth-order valence-electron chi connectivity index (χ4n) is 4.77. The fourth-order valence-corrected chi connectivity index (χ4v) is 8.30. The van der Waals surface area contributed by atoms with Gasteiger partial charge in [0.1, 0.15) is 36.3 Å². The number of hydrogen-bond acceptors (Lipinski definition) is 18. The normalized spacial score (nSPS) is 21.9. The lowest BCUT2D eigenvalue weighted by molar-refractivity contribution is -0.137. The SMILES string of the molecule is CC(C)CCC(=O)SCCNC(=O)CCNC(=O)C(O)C(C)(C)COP(=O)(O)OP(=O)(O)OCC1OC(n2cnc3c(N)ncnc32)C(O)C1OP(=O)(O)O. The number of ether oxygens (including phenoxy) is 1. The monoisotopic (exact) mass is 865 g/mol. The number of amides is 2. The van der Waals surface area contributed by atoms with Crippen molar-refractivity contribution >= 4 is 69.1 Å². The van der Waals surface area contributed by atoms with E-state index in [1.165, 1.54) is 13.8 Å². The van der Waals surface area contributed by atoms with Gasteiger partial charge in [-0.3, -0.25) is 32.5 Å². The zero-order valence-corrected chi connectivity index (χ0v) is 33.6. The molecule has 3 heterocycles. The number of nitrogens with one attached hydrogen (secondary N) is 2. The standard InChI is InChI=1S/C27H46N7O17P3S/c1-15(2)5-6-18(36)55-10-9-29-17(35)7-8-30-25(39)22(38)27(3,4)12-48-54(45,46)51-53(43,44)47-11-16-21(50-52(40,41)42)20(37)26(49-16)34-14-33-19-23(28)31-13-32-24(19)34/h13-16,20-22,26,37-38H,5-12H2,1-4H3,(H,29,35)(H,30,39)(H,43,44)(H,45,46)(H2,28,31,32)(H2,40,41,42). The Kier molecular flexibility index (Phi) is 16.9. The number of hydrogen-bond donors (Lipinski definition) is 9. The summed E-state index contributed by atoms with van der Waals surface area (Å²) in [4.78, 5) is 87.3. The third-order valence-corrected chi connectivity index (χ3v) is 11.7. The van der Waals surface area contributed by atoms with Crippen LogP contribution in [-0.4, -0.2) is 123 Å². The van der Waals surface area contributed by atoms with Crippen LogP contribution in [0.15, 0.2) is 12.7 Å². The van der Waals surface area contributed by atoms with Crippen LogP contribution in [0.3, 0.4) is 0 Å². The second kappa shape index (κ2) is 19.8. The Hall–Kier alpha value is -2.44. The van der Waals surface area contributed by atoms with E-state index in [-0.39, 0.29) is 41.6 Å². The van der Waals surface area contributed by atoms with Crippen LogP contribution in [0, 0.1) is 11.3 Å². The first kappa shape index (κ1) is 46.9. The number of nitrogens with zero attached hydrogens (tertiary/aromatic N) is 4. The highest BCUT2D eigenvalue weighted by molar-refractivity contribution is 8.13. The lowest BCUT2D eigenvalue weighted by Gasteiger charge is -2.30. The molecular formula is C27H46N7O17P3S. The van der Waals surface area contributed by atoms with E-state index >= 15 is 0 Å². The van der Waals surface area contributed by atoms with Crippen LogP contribution in [0.25, 0.3) is 11.2 Å². The summed E-state index contributed by atoms with van der Waals surface area (Å²) in [5.41, 5.74) is 4.27. The predicted octanol–water partition coefficient (Wildman–Crippen LogP) is 0.101. The summed E-state index contributed by atoms with van der Waals surface area (Å²) in [7, 11) is -16.4. The minimum Gasteiger partial charge on any atom is -0.386 e. The minimum absolute atomic E-state index is 0.0277. The van der Waals surface area contributed by atoms with Crippen molar-refractivity contribution in [3.63, 3.8) is 0 Å². The zero-order chi connectivity index (χ0) is 41.4. The van der Waals surface area contributed by atoms with Crippen molar-refractivity contribution in [2.24, 2.45) is 11.3 Å². The van der Waals surface area contributed by atoms with E-state index in [9.17, 15) is 57.9 Å². The van der Waals surface area contributed by atoms with Gasteiger partial charge in [-0.15, -0.1) is 0 Å². The van der Waals surface area contributed by atoms with E-state index in [2.05, 4.69) is 34.4 Å². The quantitative estimate of drug-likeness (QED) is 0.0560. The molecule has 2 aromatic heterocycles. The molecule has 0 spiro atoms. The number of anilines is 1. The summed E-state index contributed by atoms with van der Waals surface area (Å²) < 4.78 is 62.1. The predicted molar refractivity (Wildman–Crippen MR) is 191 cm³/mol. The van der Waals surface area contributed by atoms with E-state index in [0.717, 1.165) is 35.4 Å². The molecule has 2 amide bonds. The number of imidazole rings is 1. The number of carbonyl (C=O) groups is 3. The Balaban J connectivity index is 1.49. The highest BCUT2D eigenvalue weighted by Gasteiger charge is 2.50. The lowest BCUT2D eigenvalue weighted by Crippen LogP contribution is -2.46. The van der Waals surface area contributed by atoms with Crippen molar-refractivity contribution in [2.75, 3.05) is 37.8 Å². The average molecular weight is 866 g/mol. The summed E-state index contributed by atoms with van der Waals surface area (Å²) in [6.07, 6.45) is -5.67. The smallest absolute Gasteiger partial charge is 0.386 e. The van der Waals surface area contributed by atoms with Crippen LogP contribution in [0.2, 0.25) is 0 Å². The molecule has 312 valence electrons. The molecule has 1 fully saturated rings. The number of phosphoric acid groups is 3. The number of phosphoric ester groups is 3. The van der Waals surface area contributed by atoms with Gasteiger partial charge in [-0.25, -0.2) is 28.6 Å². The third-order valence-electron chi connectivity index (χ3n) is 7.69. The maximum absolute atomic E-state index is 12.7. The first-order valence-corrected chi connectivity index (χ1v) is 22.0. The topological polar surface area (TPSA) is 364 Å². The number of aliphatic hydroxyl groups excluding tert-OH is 2. The molecule has 2 aromatic rings. The van der Waals surface area contributed by atoms with Crippen molar-refractivity contribution in [3.05, 3.63) is 12.7 Å². The van der Waals surface area contributed by atoms with Crippen molar-refractivity contribution in [3.8, 4) is 0 Å². The van der Waals surface area contributed by atoms with Gasteiger partial charge >= 0.3 is 23.5 Å². The van der Waals surface area contributed by atoms with Gasteiger partial charge in [-0.2, -0.15) is 4.31 Å². The Morgan fingerprint density at radius 3 is 2.36 bits per heavy atom. The van der Waals surface area contributed by atoms with Crippen LogP contribution in [0.5, 0.6) is 0 Å². The largest absolute Gasteiger partial charge is 0.481 e. The van der Waals surface area contributed by atoms with Gasteiger partial charge in [0, 0.05) is 37.1 Å². The number of aliphatic hydroxyl groups is 2. The van der Waals surface area contributed by atoms with Crippen LogP contribution < -0.4 is 16.4 Å². The molecule has 1 aliphatic rings. The molecular weight excluding hydrogens is 819 g/mol. The molecule has 0 radical (unpaired) electrons. The Morgan fingerprint density at radius 1 is 1.04 bits per heavy atom. The lowest BCUT2D eigenvalue weighted by atomic mass is 9.87. The molecule has 0 aromatic carbocycles. The molecule has 1 saturated heterocycles. The molecule has 7 unspecified atom stereocenters. The number of aromatic nitrogens is 4. The maximum Gasteiger partial charge on any atom is 0.481 e. The highest BCUT2D eigenvalue weighted by atomic mass is 32.2. The van der Waals surface area contributed by atoms with Gasteiger partial charge in [-0.1, -0.05) is 39.5 Å². The van der Waals surface area contributed by atoms with E-state index in [1.54, 1.807) is 0 Å². The molecule has 7 atom stereocenters. The van der Waals surface area contributed by atoms with Crippen molar-refractivity contribution in [1.29, 1.82) is 0 Å². The molecule has 10 N–H and O–H groups in total. The first-order valence-electron chi connectivity index (χ1n) is 16.5. The number of nitrogens with two attached hydrogens (primary N) is 1. The molecule has 0 saturated carbocycles. The molecule has 28 heteroatoms. The molecule has 0 aliphatic carbocycles. The van der Waals surface area contributed by atoms with Crippen LogP contribution in [0.4, 0.5) is 5.82 Å².